The molecule has 3 heterocycles. The quantitative estimate of drug-likeness (QED) is 0.586. The molecule has 178 valence electrons. The van der Waals surface area contributed by atoms with Gasteiger partial charge in [0.25, 0.3) is 5.56 Å². The van der Waals surface area contributed by atoms with E-state index in [1.165, 1.54) is 33.8 Å². The summed E-state index contributed by atoms with van der Waals surface area (Å²) in [7, 11) is 8.47. The molecule has 0 saturated carbocycles. The topological polar surface area (TPSA) is 34.1 Å². The second kappa shape index (κ2) is 9.40. The molecule has 34 heavy (non-hydrogen) atoms. The molecule has 0 aliphatic carbocycles. The van der Waals surface area contributed by atoms with Crippen molar-refractivity contribution in [1.82, 2.24) is 4.57 Å². The number of piperidine rings is 1. The minimum absolute atomic E-state index is 0.191. The average Bonchev–Trinajstić information content (AvgIpc) is 2.80. The van der Waals surface area contributed by atoms with E-state index in [1.54, 1.807) is 4.90 Å². The first-order valence-corrected chi connectivity index (χ1v) is 12.6. The van der Waals surface area contributed by atoms with Crippen molar-refractivity contribution < 1.29 is 9.80 Å². The maximum Gasteiger partial charge on any atom is 0.258 e. The van der Waals surface area contributed by atoms with Gasteiger partial charge in [-0.25, -0.2) is 0 Å². The van der Waals surface area contributed by atoms with E-state index in [2.05, 4.69) is 98.3 Å². The summed E-state index contributed by atoms with van der Waals surface area (Å²) in [6, 6.07) is 21.7. The Balaban J connectivity index is 1.39. The Kier molecular flexibility index (Phi) is 6.32. The number of anilines is 1. The van der Waals surface area contributed by atoms with Crippen LogP contribution in [0.2, 0.25) is 0 Å². The SMILES string of the molecule is CN(C)c1ccc(C[NH+]2C[C@@H]3C[C@H](C2)c2ccc(-c4ccccc4C[NH+](C)C)c(=O)n2C3)cc1. The van der Waals surface area contributed by atoms with Gasteiger partial charge in [-0.2, -0.15) is 0 Å². The lowest BCUT2D eigenvalue weighted by molar-refractivity contribution is -0.924. The lowest BCUT2D eigenvalue weighted by Crippen LogP contribution is -3.13. The Hall–Kier alpha value is -2.89. The molecule has 3 atom stereocenters. The molecular formula is C29H38N4O+2. The van der Waals surface area contributed by atoms with Crippen LogP contribution in [0.4, 0.5) is 5.69 Å². The van der Waals surface area contributed by atoms with Crippen LogP contribution >= 0.6 is 0 Å². The third-order valence-electron chi connectivity index (χ3n) is 7.56. The molecule has 2 N–H and O–H groups in total. The van der Waals surface area contributed by atoms with Gasteiger partial charge in [-0.1, -0.05) is 36.4 Å². The van der Waals surface area contributed by atoms with Gasteiger partial charge in [0.05, 0.1) is 27.2 Å². The first-order chi connectivity index (χ1) is 16.4. The second-order valence-electron chi connectivity index (χ2n) is 10.8. The van der Waals surface area contributed by atoms with E-state index < -0.39 is 0 Å². The molecule has 1 unspecified atom stereocenters. The van der Waals surface area contributed by atoms with E-state index >= 15 is 0 Å². The number of hydrogen-bond acceptors (Lipinski definition) is 2. The first-order valence-electron chi connectivity index (χ1n) is 12.6. The lowest BCUT2D eigenvalue weighted by atomic mass is 9.82. The minimum Gasteiger partial charge on any atom is -0.378 e. The second-order valence-corrected chi connectivity index (χ2v) is 10.8. The van der Waals surface area contributed by atoms with Crippen molar-refractivity contribution in [1.29, 1.82) is 0 Å². The zero-order chi connectivity index (χ0) is 23.8. The fraction of sp³-hybridized carbons (Fsp3) is 0.414. The van der Waals surface area contributed by atoms with Gasteiger partial charge in [0, 0.05) is 60.5 Å². The molecule has 5 nitrogen and oxygen atoms in total. The van der Waals surface area contributed by atoms with Crippen LogP contribution in [0, 0.1) is 5.92 Å². The Labute approximate surface area is 203 Å². The maximum atomic E-state index is 13.7. The zero-order valence-corrected chi connectivity index (χ0v) is 21.0. The highest BCUT2D eigenvalue weighted by atomic mass is 16.1. The third kappa shape index (κ3) is 4.55. The molecule has 0 radical (unpaired) electrons. The molecule has 2 aliphatic rings. The standard InChI is InChI=1S/C29H36N4O/c1-30(2)19-23-7-5-6-8-26(23)27-13-14-28-24-15-22(18-33(28)29(27)34)17-32(20-24)16-21-9-11-25(12-10-21)31(3)4/h5-14,22,24H,15-20H2,1-4H3/p+2/t22-,24+/m0/s1. The van der Waals surface area contributed by atoms with Gasteiger partial charge in [-0.05, 0) is 36.2 Å². The number of nitrogens with zero attached hydrogens (tertiary/aromatic N) is 2. The summed E-state index contributed by atoms with van der Waals surface area (Å²) in [5.41, 5.74) is 7.25. The van der Waals surface area contributed by atoms with Crippen molar-refractivity contribution in [3.8, 4) is 11.1 Å². The molecule has 0 spiro atoms. The van der Waals surface area contributed by atoms with Crippen LogP contribution in [0.15, 0.2) is 65.5 Å². The van der Waals surface area contributed by atoms with Crippen LogP contribution in [0.3, 0.4) is 0 Å². The molecular weight excluding hydrogens is 420 g/mol. The summed E-state index contributed by atoms with van der Waals surface area (Å²) in [6.45, 7) is 5.07. The molecule has 1 fully saturated rings. The van der Waals surface area contributed by atoms with E-state index in [4.69, 9.17) is 0 Å². The van der Waals surface area contributed by atoms with E-state index in [0.29, 0.717) is 11.8 Å². The van der Waals surface area contributed by atoms with Crippen molar-refractivity contribution in [2.24, 2.45) is 5.92 Å². The van der Waals surface area contributed by atoms with Crippen LogP contribution < -0.4 is 20.3 Å². The van der Waals surface area contributed by atoms with Gasteiger partial charge in [-0.3, -0.25) is 4.79 Å². The predicted molar refractivity (Wildman–Crippen MR) is 139 cm³/mol. The number of aromatic nitrogens is 1. The number of rotatable bonds is 6. The molecule has 2 bridgehead atoms. The van der Waals surface area contributed by atoms with Crippen LogP contribution in [0.1, 0.15) is 29.2 Å². The predicted octanol–water partition coefficient (Wildman–Crippen LogP) is 1.43. The number of benzene rings is 2. The van der Waals surface area contributed by atoms with Crippen LogP contribution in [-0.4, -0.2) is 45.8 Å². The third-order valence-corrected chi connectivity index (χ3v) is 7.56. The van der Waals surface area contributed by atoms with Gasteiger partial charge in [0.2, 0.25) is 0 Å². The van der Waals surface area contributed by atoms with Crippen molar-refractivity contribution in [3.63, 3.8) is 0 Å². The Morgan fingerprint density at radius 1 is 0.971 bits per heavy atom. The van der Waals surface area contributed by atoms with Crippen LogP contribution in [0.5, 0.6) is 0 Å². The highest BCUT2D eigenvalue weighted by molar-refractivity contribution is 5.66. The molecule has 2 aliphatic heterocycles. The largest absolute Gasteiger partial charge is 0.378 e. The molecule has 5 rings (SSSR count). The lowest BCUT2D eigenvalue weighted by Gasteiger charge is -2.40. The smallest absolute Gasteiger partial charge is 0.258 e. The highest BCUT2D eigenvalue weighted by Crippen LogP contribution is 2.32. The number of likely N-dealkylation sites (tertiary alicyclic amines) is 1. The molecule has 5 heteroatoms. The molecule has 3 aromatic rings. The summed E-state index contributed by atoms with van der Waals surface area (Å²) >= 11 is 0. The van der Waals surface area contributed by atoms with Gasteiger partial charge in [0.15, 0.2) is 0 Å². The molecule has 1 aromatic heterocycles. The van der Waals surface area contributed by atoms with Crippen molar-refractivity contribution >= 4 is 5.69 Å². The zero-order valence-electron chi connectivity index (χ0n) is 21.0. The van der Waals surface area contributed by atoms with E-state index in [-0.39, 0.29) is 5.56 Å². The van der Waals surface area contributed by atoms with Gasteiger partial charge >= 0.3 is 0 Å². The highest BCUT2D eigenvalue weighted by Gasteiger charge is 2.37. The Bertz CT molecular complexity index is 1210. The summed E-state index contributed by atoms with van der Waals surface area (Å²) < 4.78 is 2.11. The van der Waals surface area contributed by atoms with Gasteiger partial charge in [0.1, 0.15) is 13.1 Å². The molecule has 2 aromatic carbocycles. The van der Waals surface area contributed by atoms with E-state index in [9.17, 15) is 4.79 Å². The number of quaternary nitrogens is 2. The number of hydrogen-bond donors (Lipinski definition) is 2. The summed E-state index contributed by atoms with van der Waals surface area (Å²) in [5.74, 6) is 1.03. The Morgan fingerprint density at radius 3 is 2.47 bits per heavy atom. The van der Waals surface area contributed by atoms with Crippen molar-refractivity contribution in [2.45, 2.75) is 32.0 Å². The molecule has 1 saturated heterocycles. The van der Waals surface area contributed by atoms with E-state index in [0.717, 1.165) is 43.9 Å². The monoisotopic (exact) mass is 458 g/mol. The number of nitrogens with one attached hydrogen (secondary N) is 2. The van der Waals surface area contributed by atoms with Gasteiger partial charge < -0.3 is 19.3 Å². The van der Waals surface area contributed by atoms with Crippen LogP contribution in [0.25, 0.3) is 11.1 Å². The van der Waals surface area contributed by atoms with Gasteiger partial charge in [-0.15, -0.1) is 0 Å². The minimum atomic E-state index is 0.191. The maximum absolute atomic E-state index is 13.7. The Morgan fingerprint density at radius 2 is 1.74 bits per heavy atom. The fourth-order valence-corrected chi connectivity index (χ4v) is 6.04. The van der Waals surface area contributed by atoms with Crippen molar-refractivity contribution in [3.05, 3.63) is 87.8 Å². The normalized spacial score (nSPS) is 21.4. The van der Waals surface area contributed by atoms with Crippen molar-refractivity contribution in [2.75, 3.05) is 46.2 Å². The number of pyridine rings is 1. The molecule has 0 amide bonds. The summed E-state index contributed by atoms with van der Waals surface area (Å²) in [5, 5.41) is 0. The summed E-state index contributed by atoms with van der Waals surface area (Å²) in [4.78, 5) is 18.8. The first kappa shape index (κ1) is 22.9. The summed E-state index contributed by atoms with van der Waals surface area (Å²) in [6.07, 6.45) is 1.21. The van der Waals surface area contributed by atoms with Crippen LogP contribution in [-0.2, 0) is 19.6 Å². The fourth-order valence-electron chi connectivity index (χ4n) is 6.04. The number of fused-ring (bicyclic) bond motifs is 4. The van der Waals surface area contributed by atoms with E-state index in [1.807, 2.05) is 0 Å². The average molecular weight is 459 g/mol.